The van der Waals surface area contributed by atoms with Gasteiger partial charge in [-0.3, -0.25) is 9.59 Å². The lowest BCUT2D eigenvalue weighted by atomic mass is 10.1. The van der Waals surface area contributed by atoms with Crippen LogP contribution < -0.4 is 19.8 Å². The van der Waals surface area contributed by atoms with Gasteiger partial charge in [-0.15, -0.1) is 0 Å². The van der Waals surface area contributed by atoms with Gasteiger partial charge in [0.15, 0.2) is 18.1 Å². The second kappa shape index (κ2) is 11.2. The van der Waals surface area contributed by atoms with Crippen molar-refractivity contribution in [3.63, 3.8) is 0 Å². The zero-order valence-electron chi connectivity index (χ0n) is 19.7. The first-order valence-electron chi connectivity index (χ1n) is 11.4. The molecule has 1 N–H and O–H groups in total. The molecule has 0 saturated carbocycles. The van der Waals surface area contributed by atoms with E-state index in [2.05, 4.69) is 10.4 Å². The molecule has 2 amide bonds. The van der Waals surface area contributed by atoms with Crippen LogP contribution in [0.15, 0.2) is 89.5 Å². The van der Waals surface area contributed by atoms with Crippen molar-refractivity contribution in [3.8, 4) is 11.5 Å². The Bertz CT molecular complexity index is 1250. The number of hydrogen-bond acceptors (Lipinski definition) is 5. The zero-order valence-corrected chi connectivity index (χ0v) is 19.7. The lowest BCUT2D eigenvalue weighted by Crippen LogP contribution is -2.28. The van der Waals surface area contributed by atoms with Gasteiger partial charge in [0.05, 0.1) is 23.6 Å². The molecule has 0 bridgehead atoms. The highest BCUT2D eigenvalue weighted by molar-refractivity contribution is 6.32. The van der Waals surface area contributed by atoms with Crippen LogP contribution >= 0.6 is 0 Å². The number of amides is 2. The molecule has 0 fully saturated rings. The fourth-order valence-electron chi connectivity index (χ4n) is 3.59. The van der Waals surface area contributed by atoms with Gasteiger partial charge in [-0.25, -0.2) is 0 Å². The molecule has 35 heavy (non-hydrogen) atoms. The minimum absolute atomic E-state index is 0.135. The third-order valence-corrected chi connectivity index (χ3v) is 5.33. The maximum Gasteiger partial charge on any atom is 0.280 e. The number of para-hydroxylation sites is 1. The Morgan fingerprint density at radius 3 is 2.40 bits per heavy atom. The summed E-state index contributed by atoms with van der Waals surface area (Å²) in [4.78, 5) is 25.2. The third-order valence-electron chi connectivity index (χ3n) is 5.33. The molecule has 1 aliphatic rings. The summed E-state index contributed by atoms with van der Waals surface area (Å²) in [6.45, 7) is 4.41. The molecule has 3 aromatic carbocycles. The molecule has 3 aromatic rings. The number of rotatable bonds is 9. The molecule has 1 heterocycles. The molecular formula is C28H27N3O4. The summed E-state index contributed by atoms with van der Waals surface area (Å²) in [5.74, 6) is 0.532. The molecule has 7 nitrogen and oxygen atoms in total. The average molecular weight is 470 g/mol. The Labute approximate surface area is 204 Å². The molecule has 0 aromatic heterocycles. The summed E-state index contributed by atoms with van der Waals surface area (Å²) >= 11 is 0. The van der Waals surface area contributed by atoms with Crippen LogP contribution in [-0.4, -0.2) is 30.7 Å². The first-order chi connectivity index (χ1) is 17.0. The van der Waals surface area contributed by atoms with E-state index in [0.29, 0.717) is 41.6 Å². The van der Waals surface area contributed by atoms with Crippen LogP contribution in [0.4, 0.5) is 5.69 Å². The topological polar surface area (TPSA) is 80.2 Å². The number of hydrogen-bond donors (Lipinski definition) is 1. The molecule has 0 unspecified atom stereocenters. The second-order valence-electron chi connectivity index (χ2n) is 7.89. The van der Waals surface area contributed by atoms with Gasteiger partial charge in [-0.05, 0) is 55.3 Å². The minimum atomic E-state index is -0.230. The largest absolute Gasteiger partial charge is 0.490 e. The van der Waals surface area contributed by atoms with E-state index in [0.717, 1.165) is 11.1 Å². The number of ether oxygens (including phenoxy) is 2. The van der Waals surface area contributed by atoms with E-state index in [1.54, 1.807) is 18.2 Å². The van der Waals surface area contributed by atoms with Crippen LogP contribution in [0.2, 0.25) is 0 Å². The number of carbonyl (C=O) groups excluding carboxylic acids is 2. The van der Waals surface area contributed by atoms with Crippen LogP contribution in [0.25, 0.3) is 6.08 Å². The predicted molar refractivity (Wildman–Crippen MR) is 136 cm³/mol. The van der Waals surface area contributed by atoms with Crippen molar-refractivity contribution in [2.24, 2.45) is 5.10 Å². The maximum atomic E-state index is 13.0. The van der Waals surface area contributed by atoms with Gasteiger partial charge in [0.25, 0.3) is 11.8 Å². The van der Waals surface area contributed by atoms with Gasteiger partial charge in [0, 0.05) is 6.54 Å². The molecule has 4 rings (SSSR count). The molecule has 0 saturated heterocycles. The van der Waals surface area contributed by atoms with Crippen molar-refractivity contribution in [1.82, 2.24) is 5.32 Å². The lowest BCUT2D eigenvalue weighted by Gasteiger charge is -2.13. The Kier molecular flexibility index (Phi) is 7.57. The van der Waals surface area contributed by atoms with Crippen LogP contribution in [0.1, 0.15) is 25.0 Å². The first-order valence-corrected chi connectivity index (χ1v) is 11.4. The van der Waals surface area contributed by atoms with Crippen LogP contribution in [0.5, 0.6) is 11.5 Å². The van der Waals surface area contributed by atoms with Gasteiger partial charge in [-0.1, -0.05) is 54.6 Å². The van der Waals surface area contributed by atoms with Crippen LogP contribution in [0.3, 0.4) is 0 Å². The van der Waals surface area contributed by atoms with E-state index < -0.39 is 0 Å². The first kappa shape index (κ1) is 23.8. The van der Waals surface area contributed by atoms with Gasteiger partial charge in [-0.2, -0.15) is 10.1 Å². The van der Waals surface area contributed by atoms with Crippen molar-refractivity contribution in [2.75, 3.05) is 18.2 Å². The highest BCUT2D eigenvalue weighted by atomic mass is 16.5. The highest BCUT2D eigenvalue weighted by Gasteiger charge is 2.28. The Morgan fingerprint density at radius 2 is 1.69 bits per heavy atom. The summed E-state index contributed by atoms with van der Waals surface area (Å²) < 4.78 is 11.5. The Morgan fingerprint density at radius 1 is 0.971 bits per heavy atom. The molecule has 0 atom stereocenters. The van der Waals surface area contributed by atoms with Crippen LogP contribution in [-0.2, 0) is 16.1 Å². The minimum Gasteiger partial charge on any atom is -0.490 e. The molecular weight excluding hydrogens is 442 g/mol. The molecule has 7 heteroatoms. The number of carbonyl (C=O) groups is 2. The normalized spacial score (nSPS) is 14.1. The van der Waals surface area contributed by atoms with Gasteiger partial charge < -0.3 is 14.8 Å². The molecule has 0 spiro atoms. The van der Waals surface area contributed by atoms with Crippen molar-refractivity contribution in [3.05, 3.63) is 95.6 Å². The van der Waals surface area contributed by atoms with Gasteiger partial charge >= 0.3 is 0 Å². The van der Waals surface area contributed by atoms with E-state index in [4.69, 9.17) is 9.47 Å². The summed E-state index contributed by atoms with van der Waals surface area (Å²) in [6, 6.07) is 24.3. The SMILES string of the molecule is CCOc1cc(/C=C2/C(=O)N(c3ccccc3)N=C2C)ccc1OCC(=O)NCc1ccccc1. The fraction of sp³-hybridized carbons (Fsp3) is 0.179. The van der Waals surface area contributed by atoms with E-state index in [1.807, 2.05) is 80.6 Å². The van der Waals surface area contributed by atoms with E-state index in [9.17, 15) is 9.59 Å². The van der Waals surface area contributed by atoms with Crippen LogP contribution in [0, 0.1) is 0 Å². The monoisotopic (exact) mass is 469 g/mol. The standard InChI is InChI=1S/C28H27N3O4/c1-3-34-26-17-22(16-24-20(2)30-31(28(24)33)23-12-8-5-9-13-23)14-15-25(26)35-19-27(32)29-18-21-10-6-4-7-11-21/h4-17H,3,18-19H2,1-2H3,(H,29,32)/b24-16+. The lowest BCUT2D eigenvalue weighted by molar-refractivity contribution is -0.123. The van der Waals surface area contributed by atoms with Crippen molar-refractivity contribution in [2.45, 2.75) is 20.4 Å². The third kappa shape index (κ3) is 5.95. The van der Waals surface area contributed by atoms with Gasteiger partial charge in [0.2, 0.25) is 0 Å². The number of benzene rings is 3. The van der Waals surface area contributed by atoms with Crippen molar-refractivity contribution < 1.29 is 19.1 Å². The Balaban J connectivity index is 1.44. The molecule has 0 radical (unpaired) electrons. The van der Waals surface area contributed by atoms with Gasteiger partial charge in [0.1, 0.15) is 0 Å². The number of anilines is 1. The highest BCUT2D eigenvalue weighted by Crippen LogP contribution is 2.31. The summed E-state index contributed by atoms with van der Waals surface area (Å²) in [5.41, 5.74) is 3.63. The predicted octanol–water partition coefficient (Wildman–Crippen LogP) is 4.59. The fourth-order valence-corrected chi connectivity index (χ4v) is 3.59. The smallest absolute Gasteiger partial charge is 0.280 e. The quantitative estimate of drug-likeness (QED) is 0.465. The van der Waals surface area contributed by atoms with Crippen molar-refractivity contribution >= 4 is 29.3 Å². The summed E-state index contributed by atoms with van der Waals surface area (Å²) in [5, 5.41) is 8.65. The summed E-state index contributed by atoms with van der Waals surface area (Å²) in [7, 11) is 0. The number of hydrazone groups is 1. The molecule has 1 aliphatic heterocycles. The number of nitrogens with one attached hydrogen (secondary N) is 1. The maximum absolute atomic E-state index is 13.0. The average Bonchev–Trinajstić information content (AvgIpc) is 3.16. The Hall–Kier alpha value is -4.39. The number of nitrogens with zero attached hydrogens (tertiary/aromatic N) is 2. The van der Waals surface area contributed by atoms with E-state index >= 15 is 0 Å². The van der Waals surface area contributed by atoms with Crippen molar-refractivity contribution in [1.29, 1.82) is 0 Å². The van der Waals surface area contributed by atoms with E-state index in [-0.39, 0.29) is 18.4 Å². The van der Waals surface area contributed by atoms with E-state index in [1.165, 1.54) is 5.01 Å². The summed E-state index contributed by atoms with van der Waals surface area (Å²) in [6.07, 6.45) is 1.78. The second-order valence-corrected chi connectivity index (χ2v) is 7.89. The molecule has 178 valence electrons. The zero-order chi connectivity index (χ0) is 24.6. The molecule has 0 aliphatic carbocycles.